The van der Waals surface area contributed by atoms with Crippen LogP contribution in [0.2, 0.25) is 0 Å². The second kappa shape index (κ2) is 4.61. The number of aromatic amines is 2. The second-order valence-corrected chi connectivity index (χ2v) is 4.31. The number of furan rings is 1. The zero-order valence-electron chi connectivity index (χ0n) is 10.1. The normalized spacial score (nSPS) is 10.9. The Hall–Kier alpha value is -2.56. The van der Waals surface area contributed by atoms with Crippen molar-refractivity contribution in [1.82, 2.24) is 9.97 Å². The van der Waals surface area contributed by atoms with Crippen LogP contribution < -0.4 is 5.69 Å². The third-order valence-electron chi connectivity index (χ3n) is 2.97. The molecule has 2 aromatic heterocycles. The van der Waals surface area contributed by atoms with Gasteiger partial charge in [-0.1, -0.05) is 0 Å². The molecule has 5 heteroatoms. The maximum atomic E-state index is 11.2. The van der Waals surface area contributed by atoms with Crippen molar-refractivity contribution in [3.63, 3.8) is 0 Å². The van der Waals surface area contributed by atoms with Gasteiger partial charge in [-0.2, -0.15) is 0 Å². The predicted molar refractivity (Wildman–Crippen MR) is 71.0 cm³/mol. The molecule has 2 heterocycles. The summed E-state index contributed by atoms with van der Waals surface area (Å²) < 4.78 is 5.67. The molecular weight excluding hydrogens is 244 g/mol. The van der Waals surface area contributed by atoms with Crippen LogP contribution in [-0.4, -0.2) is 16.3 Å². The number of rotatable bonds is 4. The number of nitrogens with one attached hydrogen (secondary N) is 2. The van der Waals surface area contributed by atoms with Gasteiger partial charge in [-0.05, 0) is 30.3 Å². The fourth-order valence-electron chi connectivity index (χ4n) is 2.05. The van der Waals surface area contributed by atoms with Crippen molar-refractivity contribution in [3.05, 3.63) is 46.6 Å². The number of benzene rings is 1. The van der Waals surface area contributed by atoms with E-state index < -0.39 is 0 Å². The van der Waals surface area contributed by atoms with Crippen LogP contribution in [0.15, 0.2) is 39.5 Å². The summed E-state index contributed by atoms with van der Waals surface area (Å²) >= 11 is 0. The molecule has 0 unspecified atom stereocenters. The summed E-state index contributed by atoms with van der Waals surface area (Å²) in [6.45, 7) is 0. The zero-order valence-corrected chi connectivity index (χ0v) is 10.1. The standard InChI is InChI=1S/C14H12N2O3/c17-7-1-2-10-4-6-13(19-10)9-3-5-11-12(8-9)16-14(18)15-11/h3-8H,1-2H2,(H2,15,16,18). The summed E-state index contributed by atoms with van der Waals surface area (Å²) in [4.78, 5) is 26.9. The summed E-state index contributed by atoms with van der Waals surface area (Å²) in [6.07, 6.45) is 1.93. The first-order chi connectivity index (χ1) is 9.26. The Balaban J connectivity index is 1.96. The molecule has 96 valence electrons. The highest BCUT2D eigenvalue weighted by atomic mass is 16.3. The molecule has 0 aliphatic carbocycles. The van der Waals surface area contributed by atoms with Crippen molar-refractivity contribution < 1.29 is 9.21 Å². The quantitative estimate of drug-likeness (QED) is 0.703. The summed E-state index contributed by atoms with van der Waals surface area (Å²) in [6, 6.07) is 9.30. The van der Waals surface area contributed by atoms with Gasteiger partial charge in [0.2, 0.25) is 0 Å². The number of imidazole rings is 1. The third kappa shape index (κ3) is 2.22. The number of hydrogen-bond donors (Lipinski definition) is 2. The van der Waals surface area contributed by atoms with Crippen LogP contribution in [0.4, 0.5) is 0 Å². The maximum Gasteiger partial charge on any atom is 0.323 e. The minimum atomic E-state index is -0.224. The van der Waals surface area contributed by atoms with Gasteiger partial charge in [0.05, 0.1) is 11.0 Å². The topological polar surface area (TPSA) is 78.9 Å². The lowest BCUT2D eigenvalue weighted by molar-refractivity contribution is -0.107. The van der Waals surface area contributed by atoms with Crippen molar-refractivity contribution >= 4 is 17.3 Å². The van der Waals surface area contributed by atoms with E-state index >= 15 is 0 Å². The highest BCUT2D eigenvalue weighted by Crippen LogP contribution is 2.24. The summed E-state index contributed by atoms with van der Waals surface area (Å²) in [5, 5.41) is 0. The third-order valence-corrected chi connectivity index (χ3v) is 2.97. The lowest BCUT2D eigenvalue weighted by Crippen LogP contribution is -1.99. The summed E-state index contributed by atoms with van der Waals surface area (Å²) in [5.74, 6) is 1.51. The molecule has 2 N–H and O–H groups in total. The van der Waals surface area contributed by atoms with Gasteiger partial charge in [0.15, 0.2) is 0 Å². The van der Waals surface area contributed by atoms with Crippen molar-refractivity contribution in [1.29, 1.82) is 0 Å². The molecule has 3 rings (SSSR count). The van der Waals surface area contributed by atoms with Crippen molar-refractivity contribution in [3.8, 4) is 11.3 Å². The Morgan fingerprint density at radius 3 is 2.79 bits per heavy atom. The summed E-state index contributed by atoms with van der Waals surface area (Å²) in [5.41, 5.74) is 2.17. The predicted octanol–water partition coefficient (Wildman–Crippen LogP) is 2.25. The first-order valence-electron chi connectivity index (χ1n) is 6.01. The van der Waals surface area contributed by atoms with Crippen LogP contribution in [0.5, 0.6) is 0 Å². The molecule has 0 saturated carbocycles. The number of aromatic nitrogens is 2. The number of H-pyrrole nitrogens is 2. The Labute approximate surface area is 108 Å². The van der Waals surface area contributed by atoms with E-state index in [-0.39, 0.29) is 5.69 Å². The lowest BCUT2D eigenvalue weighted by atomic mass is 10.1. The van der Waals surface area contributed by atoms with Crippen LogP contribution in [0.1, 0.15) is 12.2 Å². The van der Waals surface area contributed by atoms with E-state index in [9.17, 15) is 9.59 Å². The molecular formula is C14H12N2O3. The Morgan fingerprint density at radius 1 is 1.11 bits per heavy atom. The largest absolute Gasteiger partial charge is 0.461 e. The average molecular weight is 256 g/mol. The first-order valence-corrected chi connectivity index (χ1v) is 6.01. The zero-order chi connectivity index (χ0) is 13.2. The molecule has 0 aliphatic heterocycles. The molecule has 3 aromatic rings. The van der Waals surface area contributed by atoms with Crippen molar-refractivity contribution in [2.75, 3.05) is 0 Å². The molecule has 0 bridgehead atoms. The van der Waals surface area contributed by atoms with Gasteiger partial charge in [0.1, 0.15) is 17.8 Å². The summed E-state index contributed by atoms with van der Waals surface area (Å²) in [7, 11) is 0. The number of hydrogen-bond acceptors (Lipinski definition) is 3. The smallest absolute Gasteiger partial charge is 0.323 e. The monoisotopic (exact) mass is 256 g/mol. The number of carbonyl (C=O) groups is 1. The van der Waals surface area contributed by atoms with Gasteiger partial charge in [-0.25, -0.2) is 4.79 Å². The van der Waals surface area contributed by atoms with Crippen LogP contribution in [0.3, 0.4) is 0 Å². The average Bonchev–Trinajstić information content (AvgIpc) is 3.00. The molecule has 0 radical (unpaired) electrons. The van der Waals surface area contributed by atoms with Gasteiger partial charge in [0.25, 0.3) is 0 Å². The molecule has 5 nitrogen and oxygen atoms in total. The van der Waals surface area contributed by atoms with Crippen molar-refractivity contribution in [2.45, 2.75) is 12.8 Å². The Bertz CT molecular complexity index is 779. The molecule has 1 aromatic carbocycles. The molecule has 0 amide bonds. The number of aldehydes is 1. The van der Waals surface area contributed by atoms with E-state index in [1.807, 2.05) is 30.3 Å². The molecule has 0 aliphatic rings. The SMILES string of the molecule is O=CCCc1ccc(-c2ccc3[nH]c(=O)[nH]c3c2)o1. The Morgan fingerprint density at radius 2 is 1.95 bits per heavy atom. The fraction of sp³-hybridized carbons (Fsp3) is 0.143. The van der Waals surface area contributed by atoms with E-state index in [1.165, 1.54) is 0 Å². The molecule has 19 heavy (non-hydrogen) atoms. The highest BCUT2D eigenvalue weighted by molar-refractivity contribution is 5.80. The van der Waals surface area contributed by atoms with Gasteiger partial charge in [-0.15, -0.1) is 0 Å². The van der Waals surface area contributed by atoms with Gasteiger partial charge in [0, 0.05) is 18.4 Å². The number of fused-ring (bicyclic) bond motifs is 1. The van der Waals surface area contributed by atoms with Gasteiger partial charge < -0.3 is 19.2 Å². The van der Waals surface area contributed by atoms with Crippen LogP contribution in [-0.2, 0) is 11.2 Å². The van der Waals surface area contributed by atoms with Gasteiger partial charge in [-0.3, -0.25) is 0 Å². The van der Waals surface area contributed by atoms with Crippen LogP contribution in [0, 0.1) is 0 Å². The molecule has 0 spiro atoms. The number of aryl methyl sites for hydroxylation is 1. The van der Waals surface area contributed by atoms with Gasteiger partial charge >= 0.3 is 5.69 Å². The first kappa shape index (κ1) is 11.5. The van der Waals surface area contributed by atoms with Crippen molar-refractivity contribution in [2.24, 2.45) is 0 Å². The minimum Gasteiger partial charge on any atom is -0.461 e. The molecule has 0 atom stereocenters. The number of carbonyl (C=O) groups excluding carboxylic acids is 1. The lowest BCUT2D eigenvalue weighted by Gasteiger charge is -1.97. The van der Waals surface area contributed by atoms with E-state index in [4.69, 9.17) is 4.42 Å². The highest BCUT2D eigenvalue weighted by Gasteiger charge is 2.06. The van der Waals surface area contributed by atoms with E-state index in [0.717, 1.165) is 34.4 Å². The van der Waals surface area contributed by atoms with Crippen LogP contribution in [0.25, 0.3) is 22.4 Å². The second-order valence-electron chi connectivity index (χ2n) is 4.31. The minimum absolute atomic E-state index is 0.224. The fourth-order valence-corrected chi connectivity index (χ4v) is 2.05. The molecule has 0 saturated heterocycles. The molecule has 0 fully saturated rings. The van der Waals surface area contributed by atoms with Crippen LogP contribution >= 0.6 is 0 Å². The Kier molecular flexibility index (Phi) is 2.79. The van der Waals surface area contributed by atoms with E-state index in [2.05, 4.69) is 9.97 Å². The van der Waals surface area contributed by atoms with E-state index in [1.54, 1.807) is 0 Å². The maximum absolute atomic E-state index is 11.2. The van der Waals surface area contributed by atoms with E-state index in [0.29, 0.717) is 12.8 Å².